The first-order chi connectivity index (χ1) is 20.8. The number of hydrogen-bond acceptors (Lipinski definition) is 4. The first-order valence-corrected chi connectivity index (χ1v) is 14.7. The zero-order chi connectivity index (χ0) is 30.0. The van der Waals surface area contributed by atoms with Crippen LogP contribution in [0.5, 0.6) is 0 Å². The van der Waals surface area contributed by atoms with Crippen LogP contribution in [0.15, 0.2) is 72.8 Å². The summed E-state index contributed by atoms with van der Waals surface area (Å²) in [7, 11) is 0. The van der Waals surface area contributed by atoms with Gasteiger partial charge in [-0.25, -0.2) is 14.5 Å². The average molecular weight is 577 g/mol. The number of carboxylic acids is 1. The van der Waals surface area contributed by atoms with Crippen molar-refractivity contribution < 1.29 is 24.3 Å². The van der Waals surface area contributed by atoms with Crippen LogP contribution in [-0.4, -0.2) is 62.3 Å². The third kappa shape index (κ3) is 4.13. The number of hydrogen-bond donors (Lipinski definition) is 2. The van der Waals surface area contributed by atoms with E-state index in [2.05, 4.69) is 31.0 Å². The number of fused-ring (bicyclic) bond motifs is 4. The minimum absolute atomic E-state index is 0.138. The summed E-state index contributed by atoms with van der Waals surface area (Å²) in [6.07, 6.45) is 1.28. The summed E-state index contributed by atoms with van der Waals surface area (Å²) in [4.78, 5) is 61.8. The van der Waals surface area contributed by atoms with Crippen molar-refractivity contribution in [1.82, 2.24) is 14.8 Å². The number of urea groups is 1. The van der Waals surface area contributed by atoms with E-state index in [0.717, 1.165) is 32.6 Å². The van der Waals surface area contributed by atoms with Crippen molar-refractivity contribution >= 4 is 40.4 Å². The summed E-state index contributed by atoms with van der Waals surface area (Å²) in [6.45, 7) is 4.56. The van der Waals surface area contributed by atoms with E-state index in [4.69, 9.17) is 0 Å². The van der Waals surface area contributed by atoms with E-state index in [1.54, 1.807) is 29.2 Å². The summed E-state index contributed by atoms with van der Waals surface area (Å²) < 4.78 is 0. The topological polar surface area (TPSA) is 114 Å². The monoisotopic (exact) mass is 576 g/mol. The molecule has 0 unspecified atom stereocenters. The third-order valence-electron chi connectivity index (χ3n) is 9.14. The fourth-order valence-electron chi connectivity index (χ4n) is 6.98. The van der Waals surface area contributed by atoms with Crippen molar-refractivity contribution in [2.75, 3.05) is 11.4 Å². The van der Waals surface area contributed by atoms with Gasteiger partial charge in [0.2, 0.25) is 0 Å². The lowest BCUT2D eigenvalue weighted by Crippen LogP contribution is -2.44. The van der Waals surface area contributed by atoms with Crippen LogP contribution < -0.4 is 4.90 Å². The molecule has 9 nitrogen and oxygen atoms in total. The Morgan fingerprint density at radius 2 is 1.67 bits per heavy atom. The molecule has 2 saturated heterocycles. The van der Waals surface area contributed by atoms with E-state index >= 15 is 0 Å². The van der Waals surface area contributed by atoms with Crippen molar-refractivity contribution in [1.29, 1.82) is 0 Å². The number of anilines is 1. The minimum Gasteiger partial charge on any atom is -0.480 e. The second-order valence-corrected chi connectivity index (χ2v) is 11.9. The maximum atomic E-state index is 14.4. The number of likely N-dealkylation sites (tertiary alicyclic amines) is 1. The number of nitrogens with zero attached hydrogens (tertiary/aromatic N) is 3. The summed E-state index contributed by atoms with van der Waals surface area (Å²) in [6, 6.07) is 19.9. The Labute approximate surface area is 248 Å². The van der Waals surface area contributed by atoms with Crippen LogP contribution in [-0.2, 0) is 16.0 Å². The molecular formula is C34H32N4O5. The van der Waals surface area contributed by atoms with Gasteiger partial charge in [0.25, 0.3) is 11.8 Å². The Bertz CT molecular complexity index is 1790. The van der Waals surface area contributed by atoms with Crippen LogP contribution >= 0.6 is 0 Å². The lowest BCUT2D eigenvalue weighted by Gasteiger charge is -2.36. The molecule has 2 fully saturated rings. The standard InChI is InChI=1S/C34H32N4O5/c1-19(2)20-13-15-21(16-14-20)30-29-24(22-8-3-5-10-25(22)35-29)18-28-32(40)38(34(43)37(28)30)26-11-6-4-9-23(26)31(39)36-17-7-12-27(36)33(41)42/h3-6,8-11,13-16,19,27-28,30,35H,7,12,17-18H2,1-2H3,(H,41,42)/t27-,28-,30+/m0/s1. The zero-order valence-corrected chi connectivity index (χ0v) is 24.0. The molecule has 4 heterocycles. The predicted molar refractivity (Wildman–Crippen MR) is 161 cm³/mol. The Hall–Kier alpha value is -4.92. The van der Waals surface area contributed by atoms with Crippen LogP contribution in [0.3, 0.4) is 0 Å². The molecule has 7 rings (SSSR count). The first kappa shape index (κ1) is 26.9. The lowest BCUT2D eigenvalue weighted by molar-refractivity contribution is -0.141. The zero-order valence-electron chi connectivity index (χ0n) is 24.0. The largest absolute Gasteiger partial charge is 0.480 e. The van der Waals surface area contributed by atoms with Crippen LogP contribution in [0, 0.1) is 0 Å². The van der Waals surface area contributed by atoms with Gasteiger partial charge in [0, 0.05) is 29.6 Å². The van der Waals surface area contributed by atoms with Gasteiger partial charge in [0.1, 0.15) is 18.1 Å². The second kappa shape index (κ2) is 10.1. The predicted octanol–water partition coefficient (Wildman–Crippen LogP) is 5.46. The number of imide groups is 1. The number of rotatable bonds is 5. The lowest BCUT2D eigenvalue weighted by atomic mass is 9.88. The molecule has 43 heavy (non-hydrogen) atoms. The fourth-order valence-corrected chi connectivity index (χ4v) is 6.98. The highest BCUT2D eigenvalue weighted by Crippen LogP contribution is 2.45. The number of amides is 4. The molecule has 3 aliphatic heterocycles. The normalized spacial score (nSPS) is 21.6. The molecule has 218 valence electrons. The molecule has 1 aromatic heterocycles. The Morgan fingerprint density at radius 3 is 2.42 bits per heavy atom. The molecule has 0 aliphatic carbocycles. The van der Waals surface area contributed by atoms with Crippen molar-refractivity contribution in [2.24, 2.45) is 0 Å². The van der Waals surface area contributed by atoms with Crippen molar-refractivity contribution in [3.05, 3.63) is 101 Å². The van der Waals surface area contributed by atoms with Crippen LogP contribution in [0.1, 0.15) is 71.4 Å². The maximum absolute atomic E-state index is 14.4. The molecule has 9 heteroatoms. The molecule has 4 amide bonds. The highest BCUT2D eigenvalue weighted by Gasteiger charge is 2.54. The van der Waals surface area contributed by atoms with Gasteiger partial charge in [-0.3, -0.25) is 14.5 Å². The van der Waals surface area contributed by atoms with E-state index in [-0.39, 0.29) is 11.3 Å². The van der Waals surface area contributed by atoms with Crippen molar-refractivity contribution in [3.63, 3.8) is 0 Å². The molecular weight excluding hydrogens is 544 g/mol. The van der Waals surface area contributed by atoms with Crippen LogP contribution in [0.25, 0.3) is 10.9 Å². The van der Waals surface area contributed by atoms with Crippen molar-refractivity contribution in [2.45, 2.75) is 57.2 Å². The molecule has 3 aromatic carbocycles. The van der Waals surface area contributed by atoms with Crippen molar-refractivity contribution in [3.8, 4) is 0 Å². The number of aliphatic carboxylic acids is 1. The van der Waals surface area contributed by atoms with E-state index in [9.17, 15) is 24.3 Å². The molecule has 3 atom stereocenters. The number of benzene rings is 3. The van der Waals surface area contributed by atoms with Gasteiger partial charge in [0.15, 0.2) is 0 Å². The molecule has 3 aliphatic rings. The van der Waals surface area contributed by atoms with Gasteiger partial charge >= 0.3 is 12.0 Å². The number of nitrogens with one attached hydrogen (secondary N) is 1. The van der Waals surface area contributed by atoms with Gasteiger partial charge in [0.05, 0.1) is 11.3 Å². The molecule has 0 radical (unpaired) electrons. The second-order valence-electron chi connectivity index (χ2n) is 11.9. The van der Waals surface area contributed by atoms with E-state index in [1.165, 1.54) is 10.5 Å². The van der Waals surface area contributed by atoms with Gasteiger partial charge in [-0.15, -0.1) is 0 Å². The van der Waals surface area contributed by atoms with Gasteiger partial charge in [-0.2, -0.15) is 0 Å². The highest BCUT2D eigenvalue weighted by molar-refractivity contribution is 6.24. The maximum Gasteiger partial charge on any atom is 0.332 e. The minimum atomic E-state index is -1.06. The number of aromatic amines is 1. The Balaban J connectivity index is 1.33. The van der Waals surface area contributed by atoms with E-state index in [1.807, 2.05) is 36.4 Å². The molecule has 2 N–H and O–H groups in total. The van der Waals surface area contributed by atoms with E-state index < -0.39 is 41.9 Å². The first-order valence-electron chi connectivity index (χ1n) is 14.7. The Kier molecular flexibility index (Phi) is 6.34. The Morgan fingerprint density at radius 1 is 0.953 bits per heavy atom. The highest BCUT2D eigenvalue weighted by atomic mass is 16.4. The molecule has 4 aromatic rings. The summed E-state index contributed by atoms with van der Waals surface area (Å²) in [5.41, 5.74) is 5.20. The number of aromatic nitrogens is 1. The number of H-pyrrole nitrogens is 1. The molecule has 0 spiro atoms. The summed E-state index contributed by atoms with van der Waals surface area (Å²) in [5, 5.41) is 10.7. The third-order valence-corrected chi connectivity index (χ3v) is 9.14. The fraction of sp³-hybridized carbons (Fsp3) is 0.294. The number of para-hydroxylation sites is 2. The smallest absolute Gasteiger partial charge is 0.332 e. The number of carboxylic acid groups (broad SMARTS) is 1. The van der Waals surface area contributed by atoms with E-state index in [0.29, 0.717) is 31.7 Å². The average Bonchev–Trinajstić information content (AvgIpc) is 3.71. The summed E-state index contributed by atoms with van der Waals surface area (Å²) >= 11 is 0. The quantitative estimate of drug-likeness (QED) is 0.306. The number of carbonyl (C=O) groups excluding carboxylic acids is 3. The molecule has 0 saturated carbocycles. The van der Waals surface area contributed by atoms with Gasteiger partial charge < -0.3 is 15.0 Å². The number of carbonyl (C=O) groups is 4. The summed E-state index contributed by atoms with van der Waals surface area (Å²) in [5.74, 6) is -1.62. The van der Waals surface area contributed by atoms with Gasteiger partial charge in [-0.1, -0.05) is 68.4 Å². The van der Waals surface area contributed by atoms with Gasteiger partial charge in [-0.05, 0) is 53.6 Å². The molecule has 0 bridgehead atoms. The van der Waals surface area contributed by atoms with Crippen LogP contribution in [0.4, 0.5) is 10.5 Å². The SMILES string of the molecule is CC(C)c1ccc([C@@H]2c3[nH]c4ccccc4c3C[C@H]3C(=O)N(c4ccccc4C(=O)N4CCC[C@H]4C(=O)O)C(=O)N23)cc1. The van der Waals surface area contributed by atoms with Crippen LogP contribution in [0.2, 0.25) is 0 Å².